The number of benzene rings is 1. The highest BCUT2D eigenvalue weighted by Crippen LogP contribution is 2.43. The van der Waals surface area contributed by atoms with Crippen LogP contribution in [0.3, 0.4) is 0 Å². The zero-order valence-corrected chi connectivity index (χ0v) is 12.0. The van der Waals surface area contributed by atoms with Gasteiger partial charge in [0.1, 0.15) is 0 Å². The van der Waals surface area contributed by atoms with Crippen LogP contribution in [0, 0.1) is 0 Å². The fourth-order valence-corrected chi connectivity index (χ4v) is 2.05. The summed E-state index contributed by atoms with van der Waals surface area (Å²) in [6.07, 6.45) is -2.59. The fourth-order valence-electron chi connectivity index (χ4n) is 2.05. The monoisotopic (exact) mass is 326 g/mol. The lowest BCUT2D eigenvalue weighted by molar-refractivity contribution is -0.267. The lowest BCUT2D eigenvalue weighted by Crippen LogP contribution is -2.50. The first-order chi connectivity index (χ1) is 10.8. The molecule has 1 heterocycles. The van der Waals surface area contributed by atoms with Crippen LogP contribution in [0.25, 0.3) is 11.4 Å². The summed E-state index contributed by atoms with van der Waals surface area (Å²) in [6.45, 7) is 1.04. The predicted octanol–water partition coefficient (Wildman–Crippen LogP) is 2.46. The third kappa shape index (κ3) is 3.02. The van der Waals surface area contributed by atoms with Gasteiger partial charge in [0, 0.05) is 23.5 Å². The van der Waals surface area contributed by atoms with Crippen LogP contribution < -0.4 is 0 Å². The largest absolute Gasteiger partial charge is 0.463 e. The van der Waals surface area contributed by atoms with Crippen molar-refractivity contribution in [1.82, 2.24) is 9.97 Å². The van der Waals surface area contributed by atoms with E-state index in [0.717, 1.165) is 6.07 Å². The summed E-state index contributed by atoms with van der Waals surface area (Å²) >= 11 is 0. The number of esters is 1. The molecular weight excluding hydrogens is 313 g/mol. The second-order valence-corrected chi connectivity index (χ2v) is 4.55. The number of halogens is 3. The van der Waals surface area contributed by atoms with Gasteiger partial charge in [0.25, 0.3) is 5.60 Å². The molecule has 2 aromatic rings. The smallest absolute Gasteiger partial charge is 0.432 e. The number of rotatable bonds is 4. The number of alkyl halides is 3. The van der Waals surface area contributed by atoms with Gasteiger partial charge in [0.05, 0.1) is 6.61 Å². The Morgan fingerprint density at radius 3 is 2.35 bits per heavy atom. The van der Waals surface area contributed by atoms with Crippen molar-refractivity contribution < 1.29 is 27.8 Å². The van der Waals surface area contributed by atoms with Crippen LogP contribution in [0.2, 0.25) is 0 Å². The molecule has 1 aromatic carbocycles. The standard InChI is InChI=1S/C15H13F3N2O3/c1-2-23-13(21)14(22,15(16,17)18)11-7-4-3-6-10(11)12-19-8-5-9-20-12/h3-9,22H,2H2,1H3. The molecule has 0 bridgehead atoms. The lowest BCUT2D eigenvalue weighted by atomic mass is 9.88. The van der Waals surface area contributed by atoms with Crippen LogP contribution in [-0.2, 0) is 15.1 Å². The van der Waals surface area contributed by atoms with Gasteiger partial charge in [-0.2, -0.15) is 13.2 Å². The third-order valence-electron chi connectivity index (χ3n) is 3.10. The average molecular weight is 326 g/mol. The number of hydrogen-bond acceptors (Lipinski definition) is 5. The van der Waals surface area contributed by atoms with Crippen molar-refractivity contribution in [1.29, 1.82) is 0 Å². The van der Waals surface area contributed by atoms with Crippen LogP contribution in [0.4, 0.5) is 13.2 Å². The predicted molar refractivity (Wildman–Crippen MR) is 74.1 cm³/mol. The summed E-state index contributed by atoms with van der Waals surface area (Å²) in [7, 11) is 0. The minimum absolute atomic E-state index is 0.0462. The van der Waals surface area contributed by atoms with Gasteiger partial charge in [0.2, 0.25) is 0 Å². The van der Waals surface area contributed by atoms with Crippen molar-refractivity contribution in [3.05, 3.63) is 48.3 Å². The molecule has 2 rings (SSSR count). The number of carbonyl (C=O) groups excluding carboxylic acids is 1. The van der Waals surface area contributed by atoms with E-state index in [-0.39, 0.29) is 18.0 Å². The van der Waals surface area contributed by atoms with Gasteiger partial charge in [-0.05, 0) is 13.0 Å². The Morgan fingerprint density at radius 1 is 1.17 bits per heavy atom. The normalized spacial score (nSPS) is 14.1. The summed E-state index contributed by atoms with van der Waals surface area (Å²) in [5.41, 5.74) is -4.60. The fraction of sp³-hybridized carbons (Fsp3) is 0.267. The number of aliphatic hydroxyl groups is 1. The van der Waals surface area contributed by atoms with Crippen LogP contribution in [-0.4, -0.2) is 33.8 Å². The summed E-state index contributed by atoms with van der Waals surface area (Å²) in [6, 6.07) is 6.51. The van der Waals surface area contributed by atoms with Gasteiger partial charge >= 0.3 is 12.1 Å². The lowest BCUT2D eigenvalue weighted by Gasteiger charge is -2.29. The van der Waals surface area contributed by atoms with Crippen LogP contribution in [0.5, 0.6) is 0 Å². The molecule has 0 fully saturated rings. The SMILES string of the molecule is CCOC(=O)C(O)(c1ccccc1-c1ncccn1)C(F)(F)F. The highest BCUT2D eigenvalue weighted by molar-refractivity contribution is 5.85. The molecule has 23 heavy (non-hydrogen) atoms. The van der Waals surface area contributed by atoms with Crippen LogP contribution >= 0.6 is 0 Å². The topological polar surface area (TPSA) is 72.3 Å². The Bertz CT molecular complexity index is 692. The van der Waals surface area contributed by atoms with Crippen LogP contribution in [0.1, 0.15) is 12.5 Å². The van der Waals surface area contributed by atoms with E-state index in [4.69, 9.17) is 0 Å². The highest BCUT2D eigenvalue weighted by atomic mass is 19.4. The molecule has 0 amide bonds. The zero-order chi connectivity index (χ0) is 17.1. The molecule has 0 saturated heterocycles. The maximum atomic E-state index is 13.5. The molecular formula is C15H13F3N2O3. The Labute approximate surface area is 129 Å². The second kappa shape index (κ2) is 6.33. The first-order valence-electron chi connectivity index (χ1n) is 6.65. The first kappa shape index (κ1) is 16.9. The number of aromatic nitrogens is 2. The Morgan fingerprint density at radius 2 is 1.78 bits per heavy atom. The van der Waals surface area contributed by atoms with E-state index >= 15 is 0 Å². The van der Waals surface area contributed by atoms with Gasteiger partial charge < -0.3 is 9.84 Å². The van der Waals surface area contributed by atoms with Gasteiger partial charge in [-0.3, -0.25) is 0 Å². The van der Waals surface area contributed by atoms with Gasteiger partial charge in [-0.25, -0.2) is 14.8 Å². The second-order valence-electron chi connectivity index (χ2n) is 4.55. The summed E-state index contributed by atoms with van der Waals surface area (Å²) in [5, 5.41) is 10.2. The molecule has 8 heteroatoms. The van der Waals surface area contributed by atoms with Crippen LogP contribution in [0.15, 0.2) is 42.7 Å². The summed E-state index contributed by atoms with van der Waals surface area (Å²) in [5.74, 6) is -1.84. The van der Waals surface area contributed by atoms with Crippen molar-refractivity contribution in [2.24, 2.45) is 0 Å². The highest BCUT2D eigenvalue weighted by Gasteiger charge is 2.63. The van der Waals surface area contributed by atoms with Gasteiger partial charge in [0.15, 0.2) is 5.82 Å². The first-order valence-corrected chi connectivity index (χ1v) is 6.65. The summed E-state index contributed by atoms with van der Waals surface area (Å²) in [4.78, 5) is 19.6. The van der Waals surface area contributed by atoms with Gasteiger partial charge in [-0.15, -0.1) is 0 Å². The van der Waals surface area contributed by atoms with Crippen molar-refractivity contribution in [2.75, 3.05) is 6.61 Å². The molecule has 0 saturated carbocycles. The molecule has 1 aromatic heterocycles. The van der Waals surface area contributed by atoms with E-state index in [0.29, 0.717) is 0 Å². The number of ether oxygens (including phenoxy) is 1. The average Bonchev–Trinajstić information content (AvgIpc) is 2.54. The van der Waals surface area contributed by atoms with E-state index in [9.17, 15) is 23.1 Å². The molecule has 1 unspecified atom stereocenters. The molecule has 5 nitrogen and oxygen atoms in total. The van der Waals surface area contributed by atoms with Crippen molar-refractivity contribution in [2.45, 2.75) is 18.7 Å². The molecule has 0 radical (unpaired) electrons. The Hall–Kier alpha value is -2.48. The quantitative estimate of drug-likeness (QED) is 0.874. The van der Waals surface area contributed by atoms with Crippen molar-refractivity contribution in [3.63, 3.8) is 0 Å². The van der Waals surface area contributed by atoms with E-state index < -0.39 is 23.3 Å². The third-order valence-corrected chi connectivity index (χ3v) is 3.10. The zero-order valence-electron chi connectivity index (χ0n) is 12.0. The van der Waals surface area contributed by atoms with E-state index in [1.165, 1.54) is 43.6 Å². The molecule has 1 N–H and O–H groups in total. The molecule has 0 aliphatic heterocycles. The summed E-state index contributed by atoms with van der Waals surface area (Å²) < 4.78 is 44.8. The Kier molecular flexibility index (Phi) is 4.65. The molecule has 1 atom stereocenters. The number of carbonyl (C=O) groups is 1. The number of hydrogen-bond donors (Lipinski definition) is 1. The molecule has 0 aliphatic rings. The molecule has 0 spiro atoms. The Balaban J connectivity index is 2.69. The van der Waals surface area contributed by atoms with E-state index in [1.807, 2.05) is 0 Å². The number of nitrogens with zero attached hydrogens (tertiary/aromatic N) is 2. The maximum absolute atomic E-state index is 13.5. The van der Waals surface area contributed by atoms with Gasteiger partial charge in [-0.1, -0.05) is 24.3 Å². The minimum Gasteiger partial charge on any atom is -0.463 e. The van der Waals surface area contributed by atoms with E-state index in [2.05, 4.69) is 14.7 Å². The molecule has 122 valence electrons. The van der Waals surface area contributed by atoms with Crippen molar-refractivity contribution >= 4 is 5.97 Å². The molecule has 0 aliphatic carbocycles. The van der Waals surface area contributed by atoms with Crippen molar-refractivity contribution in [3.8, 4) is 11.4 Å². The van der Waals surface area contributed by atoms with E-state index in [1.54, 1.807) is 0 Å². The minimum atomic E-state index is -5.27. The maximum Gasteiger partial charge on any atom is 0.432 e.